The molecule has 1 heterocycles. The van der Waals surface area contributed by atoms with Crippen LogP contribution in [0.3, 0.4) is 0 Å². The number of oxazole rings is 1. The lowest BCUT2D eigenvalue weighted by Gasteiger charge is -2.02. The number of aromatic nitrogens is 1. The van der Waals surface area contributed by atoms with Gasteiger partial charge in [0.1, 0.15) is 0 Å². The molecule has 0 bridgehead atoms. The van der Waals surface area contributed by atoms with E-state index < -0.39 is 0 Å². The first kappa shape index (κ1) is 14.1. The number of halogens is 1. The lowest BCUT2D eigenvalue weighted by atomic mass is 10.1. The van der Waals surface area contributed by atoms with Gasteiger partial charge in [-0.3, -0.25) is 0 Å². The third-order valence-corrected chi connectivity index (χ3v) is 3.20. The van der Waals surface area contributed by atoms with E-state index in [1.54, 1.807) is 6.20 Å². The van der Waals surface area contributed by atoms with Gasteiger partial charge in [-0.15, -0.1) is 0 Å². The second-order valence-corrected chi connectivity index (χ2v) is 5.01. The summed E-state index contributed by atoms with van der Waals surface area (Å²) in [6, 6.07) is 5.92. The molecule has 0 saturated heterocycles. The molecule has 0 atom stereocenters. The molecule has 1 aromatic heterocycles. The van der Waals surface area contributed by atoms with Gasteiger partial charge in [0.2, 0.25) is 0 Å². The fraction of sp³-hybridized carbons (Fsp3) is 0.400. The third-order valence-electron chi connectivity index (χ3n) is 2.89. The zero-order chi connectivity index (χ0) is 13.7. The van der Waals surface area contributed by atoms with Crippen LogP contribution in [0.2, 0.25) is 5.02 Å². The molecule has 102 valence electrons. The van der Waals surface area contributed by atoms with Crippen molar-refractivity contribution in [1.29, 1.82) is 0 Å². The van der Waals surface area contributed by atoms with E-state index in [0.29, 0.717) is 5.02 Å². The molecule has 0 aliphatic rings. The van der Waals surface area contributed by atoms with Gasteiger partial charge in [-0.25, -0.2) is 4.98 Å². The molecule has 3 nitrogen and oxygen atoms in total. The molecule has 0 amide bonds. The molecule has 0 aliphatic carbocycles. The van der Waals surface area contributed by atoms with Crippen molar-refractivity contribution in [2.45, 2.75) is 26.7 Å². The van der Waals surface area contributed by atoms with Gasteiger partial charge >= 0.3 is 0 Å². The van der Waals surface area contributed by atoms with Crippen molar-refractivity contribution in [3.63, 3.8) is 0 Å². The summed E-state index contributed by atoms with van der Waals surface area (Å²) in [5.74, 6) is 1.48. The number of benzene rings is 1. The monoisotopic (exact) mass is 278 g/mol. The van der Waals surface area contributed by atoms with Gasteiger partial charge in [0.25, 0.3) is 0 Å². The van der Waals surface area contributed by atoms with Crippen molar-refractivity contribution in [1.82, 2.24) is 10.3 Å². The Bertz CT molecular complexity index is 537. The highest BCUT2D eigenvalue weighted by Gasteiger charge is 2.09. The van der Waals surface area contributed by atoms with Crippen LogP contribution in [0.1, 0.15) is 24.8 Å². The maximum atomic E-state index is 6.22. The van der Waals surface area contributed by atoms with Gasteiger partial charge in [-0.1, -0.05) is 24.6 Å². The van der Waals surface area contributed by atoms with Gasteiger partial charge in [0.15, 0.2) is 11.7 Å². The van der Waals surface area contributed by atoms with Crippen LogP contribution in [0.4, 0.5) is 0 Å². The number of aryl methyl sites for hydroxylation is 1. The van der Waals surface area contributed by atoms with Gasteiger partial charge in [0.05, 0.1) is 11.2 Å². The number of hydrogen-bond donors (Lipinski definition) is 1. The average Bonchev–Trinajstić information content (AvgIpc) is 2.83. The van der Waals surface area contributed by atoms with Crippen LogP contribution in [0.5, 0.6) is 0 Å². The lowest BCUT2D eigenvalue weighted by molar-refractivity contribution is 0.495. The Morgan fingerprint density at radius 3 is 2.89 bits per heavy atom. The van der Waals surface area contributed by atoms with Gasteiger partial charge in [0, 0.05) is 18.5 Å². The highest BCUT2D eigenvalue weighted by Crippen LogP contribution is 2.29. The minimum atomic E-state index is 0.701. The van der Waals surface area contributed by atoms with Gasteiger partial charge < -0.3 is 9.73 Å². The molecule has 1 aromatic carbocycles. The molecule has 1 N–H and O–H groups in total. The zero-order valence-corrected chi connectivity index (χ0v) is 12.1. The van der Waals surface area contributed by atoms with E-state index in [-0.39, 0.29) is 0 Å². The second kappa shape index (κ2) is 6.73. The van der Waals surface area contributed by atoms with Crippen LogP contribution in [0, 0.1) is 6.92 Å². The van der Waals surface area contributed by atoms with Crippen LogP contribution in [-0.2, 0) is 6.42 Å². The fourth-order valence-electron chi connectivity index (χ4n) is 1.87. The molecule has 0 radical (unpaired) electrons. The Morgan fingerprint density at radius 1 is 1.32 bits per heavy atom. The molecule has 0 unspecified atom stereocenters. The van der Waals surface area contributed by atoms with E-state index in [2.05, 4.69) is 17.2 Å². The van der Waals surface area contributed by atoms with Crippen LogP contribution >= 0.6 is 11.6 Å². The summed E-state index contributed by atoms with van der Waals surface area (Å²) in [7, 11) is 0. The Labute approximate surface area is 119 Å². The van der Waals surface area contributed by atoms with Crippen molar-refractivity contribution in [3.8, 4) is 11.3 Å². The smallest absolute Gasteiger partial charge is 0.196 e. The lowest BCUT2D eigenvalue weighted by Crippen LogP contribution is -2.17. The molecule has 0 fully saturated rings. The third kappa shape index (κ3) is 3.82. The Morgan fingerprint density at radius 2 is 2.16 bits per heavy atom. The summed E-state index contributed by atoms with van der Waals surface area (Å²) in [6.07, 6.45) is 3.67. The standard InChI is InChI=1S/C15H19ClN2O/c1-3-7-17-8-6-15-18-10-14(19-15)12-5-4-11(2)9-13(12)16/h4-5,9-10,17H,3,6-8H2,1-2H3. The fourth-order valence-corrected chi connectivity index (χ4v) is 2.20. The van der Waals surface area contributed by atoms with E-state index in [0.717, 1.165) is 48.7 Å². The summed E-state index contributed by atoms with van der Waals surface area (Å²) < 4.78 is 5.74. The number of hydrogen-bond acceptors (Lipinski definition) is 3. The van der Waals surface area contributed by atoms with Gasteiger partial charge in [-0.2, -0.15) is 0 Å². The Balaban J connectivity index is 2.04. The predicted octanol–water partition coefficient (Wildman–Crippen LogP) is 3.85. The first-order chi connectivity index (χ1) is 9.20. The van der Waals surface area contributed by atoms with Crippen molar-refractivity contribution in [2.24, 2.45) is 0 Å². The van der Waals surface area contributed by atoms with E-state index in [1.165, 1.54) is 0 Å². The number of nitrogens with zero attached hydrogens (tertiary/aromatic N) is 1. The molecule has 2 rings (SSSR count). The SMILES string of the molecule is CCCNCCc1ncc(-c2ccc(C)cc2Cl)o1. The van der Waals surface area contributed by atoms with Crippen molar-refractivity contribution >= 4 is 11.6 Å². The van der Waals surface area contributed by atoms with E-state index in [9.17, 15) is 0 Å². The molecule has 0 aliphatic heterocycles. The topological polar surface area (TPSA) is 38.1 Å². The van der Waals surface area contributed by atoms with Crippen LogP contribution in [-0.4, -0.2) is 18.1 Å². The van der Waals surface area contributed by atoms with E-state index >= 15 is 0 Å². The first-order valence-electron chi connectivity index (χ1n) is 6.62. The molecular formula is C15H19ClN2O. The minimum absolute atomic E-state index is 0.701. The van der Waals surface area contributed by atoms with E-state index in [1.807, 2.05) is 25.1 Å². The van der Waals surface area contributed by atoms with E-state index in [4.69, 9.17) is 16.0 Å². The second-order valence-electron chi connectivity index (χ2n) is 4.60. The highest BCUT2D eigenvalue weighted by atomic mass is 35.5. The molecule has 0 spiro atoms. The highest BCUT2D eigenvalue weighted by molar-refractivity contribution is 6.33. The number of rotatable bonds is 6. The maximum absolute atomic E-state index is 6.22. The summed E-state index contributed by atoms with van der Waals surface area (Å²) in [5, 5.41) is 4.03. The molecule has 19 heavy (non-hydrogen) atoms. The molecule has 4 heteroatoms. The maximum Gasteiger partial charge on any atom is 0.196 e. The van der Waals surface area contributed by atoms with Crippen LogP contribution in [0.15, 0.2) is 28.8 Å². The van der Waals surface area contributed by atoms with Crippen LogP contribution < -0.4 is 5.32 Å². The Hall–Kier alpha value is -1.32. The summed E-state index contributed by atoms with van der Waals surface area (Å²) >= 11 is 6.22. The molecular weight excluding hydrogens is 260 g/mol. The Kier molecular flexibility index (Phi) is 5.00. The van der Waals surface area contributed by atoms with Crippen molar-refractivity contribution < 1.29 is 4.42 Å². The van der Waals surface area contributed by atoms with Gasteiger partial charge in [-0.05, 0) is 37.6 Å². The largest absolute Gasteiger partial charge is 0.441 e. The average molecular weight is 279 g/mol. The predicted molar refractivity (Wildman–Crippen MR) is 78.6 cm³/mol. The quantitative estimate of drug-likeness (QED) is 0.816. The molecule has 0 saturated carbocycles. The summed E-state index contributed by atoms with van der Waals surface area (Å²) in [5.41, 5.74) is 2.03. The van der Waals surface area contributed by atoms with Crippen molar-refractivity contribution in [3.05, 3.63) is 40.9 Å². The summed E-state index contributed by atoms with van der Waals surface area (Å²) in [6.45, 7) is 6.07. The van der Waals surface area contributed by atoms with Crippen molar-refractivity contribution in [2.75, 3.05) is 13.1 Å². The normalized spacial score (nSPS) is 10.9. The first-order valence-corrected chi connectivity index (χ1v) is 7.00. The molecule has 2 aromatic rings. The number of nitrogens with one attached hydrogen (secondary N) is 1. The van der Waals surface area contributed by atoms with Crippen LogP contribution in [0.25, 0.3) is 11.3 Å². The zero-order valence-electron chi connectivity index (χ0n) is 11.4. The summed E-state index contributed by atoms with van der Waals surface area (Å²) in [4.78, 5) is 4.29. The minimum Gasteiger partial charge on any atom is -0.441 e.